The number of rotatable bonds is 4. The third-order valence-corrected chi connectivity index (χ3v) is 5.67. The maximum absolute atomic E-state index is 11.4. The van der Waals surface area contributed by atoms with Crippen LogP contribution in [0.1, 0.15) is 6.42 Å². The number of hydrogen-bond acceptors (Lipinski definition) is 5. The van der Waals surface area contributed by atoms with Crippen LogP contribution in [0.4, 0.5) is 0 Å². The first-order valence-electron chi connectivity index (χ1n) is 6.17. The minimum Gasteiger partial charge on any atom is -0.379 e. The fourth-order valence-electron chi connectivity index (χ4n) is 2.74. The Morgan fingerprint density at radius 1 is 1.41 bits per heavy atom. The SMILES string of the molecule is CNC1COCC1CN(C)C1CCS(=O)(=O)C1. The Labute approximate surface area is 103 Å². The molecule has 0 radical (unpaired) electrons. The third kappa shape index (κ3) is 3.19. The molecule has 100 valence electrons. The molecule has 3 unspecified atom stereocenters. The van der Waals surface area contributed by atoms with Gasteiger partial charge in [-0.15, -0.1) is 0 Å². The molecule has 3 atom stereocenters. The van der Waals surface area contributed by atoms with Crippen molar-refractivity contribution in [3.05, 3.63) is 0 Å². The van der Waals surface area contributed by atoms with Gasteiger partial charge in [-0.25, -0.2) is 8.42 Å². The summed E-state index contributed by atoms with van der Waals surface area (Å²) in [7, 11) is 1.19. The van der Waals surface area contributed by atoms with Crippen LogP contribution in [0.25, 0.3) is 0 Å². The second kappa shape index (κ2) is 5.22. The summed E-state index contributed by atoms with van der Waals surface area (Å²) in [5.74, 6) is 1.13. The van der Waals surface area contributed by atoms with Gasteiger partial charge in [0.15, 0.2) is 9.84 Å². The molecule has 0 aromatic heterocycles. The monoisotopic (exact) mass is 262 g/mol. The second-order valence-corrected chi connectivity index (χ2v) is 7.42. The van der Waals surface area contributed by atoms with Gasteiger partial charge in [-0.3, -0.25) is 0 Å². The van der Waals surface area contributed by atoms with Gasteiger partial charge in [0.1, 0.15) is 0 Å². The van der Waals surface area contributed by atoms with Crippen LogP contribution in [0.5, 0.6) is 0 Å². The van der Waals surface area contributed by atoms with E-state index in [4.69, 9.17) is 4.74 Å². The molecule has 0 spiro atoms. The summed E-state index contributed by atoms with van der Waals surface area (Å²) in [5.41, 5.74) is 0. The van der Waals surface area contributed by atoms with Crippen LogP contribution in [0.15, 0.2) is 0 Å². The third-order valence-electron chi connectivity index (χ3n) is 3.92. The van der Waals surface area contributed by atoms with E-state index in [1.165, 1.54) is 0 Å². The fraction of sp³-hybridized carbons (Fsp3) is 1.00. The molecular weight excluding hydrogens is 240 g/mol. The van der Waals surface area contributed by atoms with E-state index in [-0.39, 0.29) is 6.04 Å². The van der Waals surface area contributed by atoms with Gasteiger partial charge in [-0.2, -0.15) is 0 Å². The van der Waals surface area contributed by atoms with E-state index >= 15 is 0 Å². The van der Waals surface area contributed by atoms with Gasteiger partial charge in [0.2, 0.25) is 0 Å². The van der Waals surface area contributed by atoms with Crippen LogP contribution in [0, 0.1) is 5.92 Å². The molecule has 0 aliphatic carbocycles. The molecule has 17 heavy (non-hydrogen) atoms. The molecule has 2 fully saturated rings. The molecule has 2 saturated heterocycles. The highest BCUT2D eigenvalue weighted by molar-refractivity contribution is 7.91. The summed E-state index contributed by atoms with van der Waals surface area (Å²) in [6.45, 7) is 2.44. The van der Waals surface area contributed by atoms with Crippen LogP contribution in [-0.2, 0) is 14.6 Å². The first kappa shape index (κ1) is 13.3. The Kier molecular flexibility index (Phi) is 4.07. The number of ether oxygens (including phenoxy) is 1. The molecule has 0 aromatic rings. The minimum atomic E-state index is -2.78. The summed E-state index contributed by atoms with van der Waals surface area (Å²) in [6.07, 6.45) is 0.774. The number of nitrogens with one attached hydrogen (secondary N) is 1. The van der Waals surface area contributed by atoms with Crippen molar-refractivity contribution in [1.29, 1.82) is 0 Å². The molecule has 5 nitrogen and oxygen atoms in total. The Bertz CT molecular complexity index is 358. The lowest BCUT2D eigenvalue weighted by Gasteiger charge is -2.28. The standard InChI is InChI=1S/C11H22N2O3S/c1-12-11-7-16-6-9(11)5-13(2)10-3-4-17(14,15)8-10/h9-12H,3-8H2,1-2H3. The van der Waals surface area contributed by atoms with Crippen molar-refractivity contribution >= 4 is 9.84 Å². The topological polar surface area (TPSA) is 58.6 Å². The van der Waals surface area contributed by atoms with Crippen molar-refractivity contribution in [2.75, 3.05) is 45.4 Å². The van der Waals surface area contributed by atoms with Crippen LogP contribution in [0.2, 0.25) is 0 Å². The second-order valence-electron chi connectivity index (χ2n) is 5.19. The lowest BCUT2D eigenvalue weighted by Crippen LogP contribution is -2.42. The summed E-state index contributed by atoms with van der Waals surface area (Å²) < 4.78 is 28.3. The lowest BCUT2D eigenvalue weighted by atomic mass is 10.0. The van der Waals surface area contributed by atoms with Crippen LogP contribution in [-0.4, -0.2) is 70.8 Å². The Balaban J connectivity index is 1.87. The normalized spacial score (nSPS) is 36.8. The predicted octanol–water partition coefficient (Wildman–Crippen LogP) is -0.660. The first-order valence-corrected chi connectivity index (χ1v) is 7.99. The van der Waals surface area contributed by atoms with Gasteiger partial charge in [0.05, 0.1) is 24.7 Å². The summed E-state index contributed by atoms with van der Waals surface area (Å²) in [6, 6.07) is 0.591. The highest BCUT2D eigenvalue weighted by Crippen LogP contribution is 2.20. The fourth-order valence-corrected chi connectivity index (χ4v) is 4.54. The van der Waals surface area contributed by atoms with Crippen molar-refractivity contribution in [1.82, 2.24) is 10.2 Å². The minimum absolute atomic E-state index is 0.193. The molecule has 2 rings (SSSR count). The predicted molar refractivity (Wildman–Crippen MR) is 66.8 cm³/mol. The van der Waals surface area contributed by atoms with Crippen LogP contribution < -0.4 is 5.32 Å². The highest BCUT2D eigenvalue weighted by Gasteiger charge is 2.34. The molecule has 0 saturated carbocycles. The molecule has 0 bridgehead atoms. The number of hydrogen-bond donors (Lipinski definition) is 1. The molecule has 1 N–H and O–H groups in total. The zero-order valence-corrected chi connectivity index (χ0v) is 11.4. The van der Waals surface area contributed by atoms with Crippen LogP contribution >= 0.6 is 0 Å². The Hall–Kier alpha value is -0.170. The highest BCUT2D eigenvalue weighted by atomic mass is 32.2. The van der Waals surface area contributed by atoms with E-state index in [2.05, 4.69) is 10.2 Å². The molecular formula is C11H22N2O3S. The molecule has 0 amide bonds. The molecule has 2 heterocycles. The average molecular weight is 262 g/mol. The van der Waals surface area contributed by atoms with E-state index in [1.54, 1.807) is 0 Å². The van der Waals surface area contributed by atoms with E-state index < -0.39 is 9.84 Å². The van der Waals surface area contributed by atoms with Gasteiger partial charge >= 0.3 is 0 Å². The maximum Gasteiger partial charge on any atom is 0.151 e. The van der Waals surface area contributed by atoms with Crippen molar-refractivity contribution in [2.24, 2.45) is 5.92 Å². The Morgan fingerprint density at radius 3 is 2.76 bits per heavy atom. The molecule has 6 heteroatoms. The lowest BCUT2D eigenvalue weighted by molar-refractivity contribution is 0.164. The number of likely N-dealkylation sites (N-methyl/N-ethyl adjacent to an activating group) is 1. The van der Waals surface area contributed by atoms with Gasteiger partial charge in [-0.05, 0) is 20.5 Å². The summed E-state index contributed by atoms with van der Waals surface area (Å²) in [4.78, 5) is 2.19. The maximum atomic E-state index is 11.4. The quantitative estimate of drug-likeness (QED) is 0.729. The molecule has 0 aromatic carbocycles. The van der Waals surface area contributed by atoms with Crippen molar-refractivity contribution in [3.8, 4) is 0 Å². The van der Waals surface area contributed by atoms with Crippen molar-refractivity contribution < 1.29 is 13.2 Å². The first-order chi connectivity index (χ1) is 8.02. The summed E-state index contributed by atoms with van der Waals surface area (Å²) >= 11 is 0. The average Bonchev–Trinajstić information content (AvgIpc) is 2.84. The molecule has 2 aliphatic heterocycles. The zero-order chi connectivity index (χ0) is 12.5. The number of sulfone groups is 1. The van der Waals surface area contributed by atoms with E-state index in [0.29, 0.717) is 23.5 Å². The Morgan fingerprint density at radius 2 is 2.18 bits per heavy atom. The van der Waals surface area contributed by atoms with Gasteiger partial charge < -0.3 is 15.0 Å². The smallest absolute Gasteiger partial charge is 0.151 e. The van der Waals surface area contributed by atoms with Gasteiger partial charge in [0, 0.05) is 24.5 Å². The largest absolute Gasteiger partial charge is 0.379 e. The molecule has 2 aliphatic rings. The van der Waals surface area contributed by atoms with Crippen molar-refractivity contribution in [3.63, 3.8) is 0 Å². The van der Waals surface area contributed by atoms with Gasteiger partial charge in [0.25, 0.3) is 0 Å². The van der Waals surface area contributed by atoms with E-state index in [0.717, 1.165) is 26.2 Å². The van der Waals surface area contributed by atoms with Crippen LogP contribution in [0.3, 0.4) is 0 Å². The van der Waals surface area contributed by atoms with E-state index in [9.17, 15) is 8.42 Å². The zero-order valence-electron chi connectivity index (χ0n) is 10.6. The van der Waals surface area contributed by atoms with E-state index in [1.807, 2.05) is 14.1 Å². The summed E-state index contributed by atoms with van der Waals surface area (Å²) in [5, 5.41) is 3.26. The number of nitrogens with zero attached hydrogens (tertiary/aromatic N) is 1. The van der Waals surface area contributed by atoms with Gasteiger partial charge in [-0.1, -0.05) is 0 Å². The van der Waals surface area contributed by atoms with Crippen molar-refractivity contribution in [2.45, 2.75) is 18.5 Å².